The molecule has 0 radical (unpaired) electrons. The standard InChI is InChI=1S/C7H4BrFO4S/c8-4-1-5-6(13-3-12-5)2-7(4)14(9,10)11/h1-2H,3H2. The third-order valence-electron chi connectivity index (χ3n) is 1.69. The first kappa shape index (κ1) is 9.72. The highest BCUT2D eigenvalue weighted by molar-refractivity contribution is 9.10. The Labute approximate surface area is 88.0 Å². The molecule has 1 aliphatic rings. The van der Waals surface area contributed by atoms with Gasteiger partial charge in [-0.05, 0) is 22.0 Å². The van der Waals surface area contributed by atoms with Crippen LogP contribution < -0.4 is 9.47 Å². The highest BCUT2D eigenvalue weighted by Crippen LogP contribution is 2.39. The number of ether oxygens (including phenoxy) is 2. The number of hydrogen-bond donors (Lipinski definition) is 0. The molecule has 0 saturated heterocycles. The van der Waals surface area contributed by atoms with Crippen molar-refractivity contribution >= 4 is 26.2 Å². The van der Waals surface area contributed by atoms with Crippen molar-refractivity contribution in [2.45, 2.75) is 4.90 Å². The molecule has 1 aliphatic heterocycles. The van der Waals surface area contributed by atoms with E-state index in [1.165, 1.54) is 6.07 Å². The Hall–Kier alpha value is -0.820. The van der Waals surface area contributed by atoms with Crippen molar-refractivity contribution < 1.29 is 21.8 Å². The first-order valence-corrected chi connectivity index (χ1v) is 5.70. The van der Waals surface area contributed by atoms with Crippen molar-refractivity contribution in [1.82, 2.24) is 0 Å². The van der Waals surface area contributed by atoms with Crippen LogP contribution in [0.2, 0.25) is 0 Å². The zero-order chi connectivity index (χ0) is 10.3. The lowest BCUT2D eigenvalue weighted by molar-refractivity contribution is 0.174. The van der Waals surface area contributed by atoms with Crippen molar-refractivity contribution in [2.24, 2.45) is 0 Å². The maximum absolute atomic E-state index is 12.7. The van der Waals surface area contributed by atoms with Crippen LogP contribution in [0.1, 0.15) is 0 Å². The molecule has 4 nitrogen and oxygen atoms in total. The number of hydrogen-bond acceptors (Lipinski definition) is 4. The molecule has 76 valence electrons. The fourth-order valence-corrected chi connectivity index (χ4v) is 2.53. The molecular weight excluding hydrogens is 279 g/mol. The molecule has 0 fully saturated rings. The molecule has 0 aromatic heterocycles. The maximum Gasteiger partial charge on any atom is 0.333 e. The van der Waals surface area contributed by atoms with E-state index in [-0.39, 0.29) is 17.0 Å². The fraction of sp³-hybridized carbons (Fsp3) is 0.143. The normalized spacial score (nSPS) is 14.4. The summed E-state index contributed by atoms with van der Waals surface area (Å²) < 4.78 is 44.0. The molecule has 0 amide bonds. The first-order chi connectivity index (χ1) is 6.48. The summed E-state index contributed by atoms with van der Waals surface area (Å²) in [6.07, 6.45) is 0. The molecule has 0 unspecified atom stereocenters. The number of rotatable bonds is 1. The van der Waals surface area contributed by atoms with Gasteiger partial charge < -0.3 is 9.47 Å². The lowest BCUT2D eigenvalue weighted by Crippen LogP contribution is -1.94. The van der Waals surface area contributed by atoms with Gasteiger partial charge >= 0.3 is 10.2 Å². The topological polar surface area (TPSA) is 52.6 Å². The molecule has 1 aromatic carbocycles. The van der Waals surface area contributed by atoms with Crippen LogP contribution in [0.25, 0.3) is 0 Å². The quantitative estimate of drug-likeness (QED) is 0.738. The summed E-state index contributed by atoms with van der Waals surface area (Å²) in [5.74, 6) is 0.619. The number of fused-ring (bicyclic) bond motifs is 1. The third kappa shape index (κ3) is 1.57. The van der Waals surface area contributed by atoms with E-state index in [0.29, 0.717) is 5.75 Å². The summed E-state index contributed by atoms with van der Waals surface area (Å²) in [7, 11) is -4.74. The molecule has 2 rings (SSSR count). The third-order valence-corrected chi connectivity index (χ3v) is 3.47. The largest absolute Gasteiger partial charge is 0.454 e. The molecule has 0 saturated carbocycles. The van der Waals surface area contributed by atoms with Crippen molar-refractivity contribution in [2.75, 3.05) is 6.79 Å². The van der Waals surface area contributed by atoms with E-state index >= 15 is 0 Å². The molecule has 0 atom stereocenters. The van der Waals surface area contributed by atoms with Crippen molar-refractivity contribution in [3.63, 3.8) is 0 Å². The van der Waals surface area contributed by atoms with Gasteiger partial charge in [-0.3, -0.25) is 0 Å². The van der Waals surface area contributed by atoms with Crippen LogP contribution in [0.15, 0.2) is 21.5 Å². The second-order valence-corrected chi connectivity index (χ2v) is 4.74. The van der Waals surface area contributed by atoms with Crippen LogP contribution in [0.5, 0.6) is 11.5 Å². The average Bonchev–Trinajstić information content (AvgIpc) is 2.47. The summed E-state index contributed by atoms with van der Waals surface area (Å²) >= 11 is 2.93. The Bertz CT molecular complexity index is 485. The van der Waals surface area contributed by atoms with Gasteiger partial charge in [-0.1, -0.05) is 0 Å². The summed E-state index contributed by atoms with van der Waals surface area (Å²) in [4.78, 5) is -0.457. The number of benzene rings is 1. The Morgan fingerprint density at radius 2 is 1.86 bits per heavy atom. The maximum atomic E-state index is 12.7. The van der Waals surface area contributed by atoms with Crippen LogP contribution in [-0.2, 0) is 10.2 Å². The summed E-state index contributed by atoms with van der Waals surface area (Å²) in [5.41, 5.74) is 0. The Kier molecular flexibility index (Phi) is 2.15. The monoisotopic (exact) mass is 282 g/mol. The van der Waals surface area contributed by atoms with Crippen molar-refractivity contribution in [3.8, 4) is 11.5 Å². The van der Waals surface area contributed by atoms with Gasteiger partial charge in [-0.2, -0.15) is 8.42 Å². The molecule has 0 aliphatic carbocycles. The van der Waals surface area contributed by atoms with E-state index in [1.807, 2.05) is 0 Å². The zero-order valence-corrected chi connectivity index (χ0v) is 9.06. The molecule has 0 spiro atoms. The van der Waals surface area contributed by atoms with E-state index in [0.717, 1.165) is 6.07 Å². The second-order valence-electron chi connectivity index (χ2n) is 2.57. The Balaban J connectivity index is 2.65. The lowest BCUT2D eigenvalue weighted by atomic mass is 10.3. The zero-order valence-electron chi connectivity index (χ0n) is 6.66. The van der Waals surface area contributed by atoms with Gasteiger partial charge in [0.1, 0.15) is 4.90 Å². The summed E-state index contributed by atoms with van der Waals surface area (Å²) in [6.45, 7) is 0.0115. The Morgan fingerprint density at radius 3 is 2.43 bits per heavy atom. The van der Waals surface area contributed by atoms with E-state index in [9.17, 15) is 12.3 Å². The molecule has 14 heavy (non-hydrogen) atoms. The van der Waals surface area contributed by atoms with Crippen molar-refractivity contribution in [1.29, 1.82) is 0 Å². The van der Waals surface area contributed by atoms with E-state index in [4.69, 9.17) is 9.47 Å². The SMILES string of the molecule is O=S(=O)(F)c1cc2c(cc1Br)OCO2. The number of halogens is 2. The Morgan fingerprint density at radius 1 is 1.29 bits per heavy atom. The minimum Gasteiger partial charge on any atom is -0.454 e. The van der Waals surface area contributed by atoms with Gasteiger partial charge in [0.2, 0.25) is 6.79 Å². The summed E-state index contributed by atoms with van der Waals surface area (Å²) in [6, 6.07) is 2.44. The average molecular weight is 283 g/mol. The first-order valence-electron chi connectivity index (χ1n) is 3.52. The molecular formula is C7H4BrFO4S. The van der Waals surface area contributed by atoms with Crippen LogP contribution in [0.3, 0.4) is 0 Å². The fourth-order valence-electron chi connectivity index (χ4n) is 1.09. The summed E-state index contributed by atoms with van der Waals surface area (Å²) in [5, 5.41) is 0. The minimum atomic E-state index is -4.74. The molecule has 0 N–H and O–H groups in total. The molecule has 1 aromatic rings. The van der Waals surface area contributed by atoms with E-state index in [2.05, 4.69) is 15.9 Å². The lowest BCUT2D eigenvalue weighted by Gasteiger charge is -2.01. The van der Waals surface area contributed by atoms with Crippen LogP contribution in [0, 0.1) is 0 Å². The van der Waals surface area contributed by atoms with Gasteiger partial charge in [0.05, 0.1) is 0 Å². The van der Waals surface area contributed by atoms with Crippen LogP contribution in [0.4, 0.5) is 3.89 Å². The molecule has 0 bridgehead atoms. The van der Waals surface area contributed by atoms with Gasteiger partial charge in [-0.15, -0.1) is 3.89 Å². The highest BCUT2D eigenvalue weighted by atomic mass is 79.9. The van der Waals surface area contributed by atoms with Crippen molar-refractivity contribution in [3.05, 3.63) is 16.6 Å². The van der Waals surface area contributed by atoms with Gasteiger partial charge in [0, 0.05) is 10.5 Å². The minimum absolute atomic E-state index is 0.0115. The van der Waals surface area contributed by atoms with Gasteiger partial charge in [-0.25, -0.2) is 0 Å². The predicted octanol–water partition coefficient (Wildman–Crippen LogP) is 1.84. The van der Waals surface area contributed by atoms with Crippen LogP contribution >= 0.6 is 15.9 Å². The molecule has 7 heteroatoms. The van der Waals surface area contributed by atoms with Gasteiger partial charge in [0.25, 0.3) is 0 Å². The van der Waals surface area contributed by atoms with E-state index < -0.39 is 15.1 Å². The molecule has 1 heterocycles. The second kappa shape index (κ2) is 3.09. The predicted molar refractivity (Wildman–Crippen MR) is 48.6 cm³/mol. The highest BCUT2D eigenvalue weighted by Gasteiger charge is 2.23. The van der Waals surface area contributed by atoms with Gasteiger partial charge in [0.15, 0.2) is 11.5 Å². The smallest absolute Gasteiger partial charge is 0.333 e. The van der Waals surface area contributed by atoms with E-state index in [1.54, 1.807) is 0 Å². The van der Waals surface area contributed by atoms with Crippen LogP contribution in [-0.4, -0.2) is 15.2 Å².